The van der Waals surface area contributed by atoms with E-state index in [1.54, 1.807) is 23.1 Å². The SMILES string of the molecule is Cc1cccc(C[NH+]2CC[NH+](CC(=O)Nc3ccccc3C#N)CC2)c1. The molecule has 26 heavy (non-hydrogen) atoms. The molecule has 0 bridgehead atoms. The highest BCUT2D eigenvalue weighted by atomic mass is 16.2. The van der Waals surface area contributed by atoms with Crippen LogP contribution in [0.2, 0.25) is 0 Å². The van der Waals surface area contributed by atoms with Gasteiger partial charge in [-0.2, -0.15) is 5.26 Å². The Hall–Kier alpha value is -2.68. The summed E-state index contributed by atoms with van der Waals surface area (Å²) < 4.78 is 0. The van der Waals surface area contributed by atoms with E-state index >= 15 is 0 Å². The number of piperazine rings is 1. The predicted molar refractivity (Wildman–Crippen MR) is 101 cm³/mol. The Morgan fingerprint density at radius 2 is 1.81 bits per heavy atom. The van der Waals surface area contributed by atoms with Gasteiger partial charge < -0.3 is 15.1 Å². The number of hydrogen-bond acceptors (Lipinski definition) is 2. The summed E-state index contributed by atoms with van der Waals surface area (Å²) >= 11 is 0. The monoisotopic (exact) mass is 350 g/mol. The topological polar surface area (TPSA) is 61.8 Å². The fourth-order valence-electron chi connectivity index (χ4n) is 3.53. The van der Waals surface area contributed by atoms with Gasteiger partial charge in [-0.15, -0.1) is 0 Å². The number of carbonyl (C=O) groups is 1. The summed E-state index contributed by atoms with van der Waals surface area (Å²) in [7, 11) is 0. The standard InChI is InChI=1S/C21H24N4O/c1-17-5-4-6-18(13-17)15-24-9-11-25(12-10-24)16-21(26)23-20-8-3-2-7-19(20)14-22/h2-8,13H,9-12,15-16H2,1H3,(H,23,26)/p+2. The number of benzene rings is 2. The van der Waals surface area contributed by atoms with Gasteiger partial charge in [-0.1, -0.05) is 42.0 Å². The van der Waals surface area contributed by atoms with Crippen LogP contribution in [-0.4, -0.2) is 38.6 Å². The van der Waals surface area contributed by atoms with E-state index in [1.165, 1.54) is 16.0 Å². The average Bonchev–Trinajstić information content (AvgIpc) is 2.64. The molecule has 5 nitrogen and oxygen atoms in total. The smallest absolute Gasteiger partial charge is 0.279 e. The van der Waals surface area contributed by atoms with E-state index in [1.807, 2.05) is 6.07 Å². The molecule has 2 aromatic carbocycles. The number of rotatable bonds is 5. The zero-order valence-corrected chi connectivity index (χ0v) is 15.2. The Morgan fingerprint density at radius 1 is 1.08 bits per heavy atom. The summed E-state index contributed by atoms with van der Waals surface area (Å²) in [6.07, 6.45) is 0. The minimum atomic E-state index is -0.0233. The molecule has 3 rings (SSSR count). The molecule has 0 unspecified atom stereocenters. The Bertz CT molecular complexity index is 804. The van der Waals surface area contributed by atoms with Gasteiger partial charge in [-0.25, -0.2) is 0 Å². The lowest BCUT2D eigenvalue weighted by atomic mass is 10.1. The minimum Gasteiger partial charge on any atom is -0.322 e. The van der Waals surface area contributed by atoms with Crippen LogP contribution >= 0.6 is 0 Å². The lowest BCUT2D eigenvalue weighted by Crippen LogP contribution is -3.28. The van der Waals surface area contributed by atoms with Crippen molar-refractivity contribution in [2.45, 2.75) is 13.5 Å². The van der Waals surface area contributed by atoms with Crippen LogP contribution in [0.25, 0.3) is 0 Å². The number of nitrogens with one attached hydrogen (secondary N) is 3. The van der Waals surface area contributed by atoms with Crippen molar-refractivity contribution in [3.05, 3.63) is 65.2 Å². The van der Waals surface area contributed by atoms with Crippen LogP contribution in [0.1, 0.15) is 16.7 Å². The molecule has 1 amide bonds. The number of para-hydroxylation sites is 1. The van der Waals surface area contributed by atoms with Crippen molar-refractivity contribution in [2.24, 2.45) is 0 Å². The quantitative estimate of drug-likeness (QED) is 0.699. The highest BCUT2D eigenvalue weighted by Gasteiger charge is 2.25. The van der Waals surface area contributed by atoms with Gasteiger partial charge in [0.15, 0.2) is 6.54 Å². The van der Waals surface area contributed by atoms with Crippen molar-refractivity contribution in [1.29, 1.82) is 5.26 Å². The number of aryl methyl sites for hydroxylation is 1. The number of quaternary nitrogens is 2. The van der Waals surface area contributed by atoms with E-state index in [-0.39, 0.29) is 5.91 Å². The number of amides is 1. The molecule has 0 spiro atoms. The number of nitriles is 1. The van der Waals surface area contributed by atoms with Gasteiger partial charge in [0.2, 0.25) is 0 Å². The molecule has 5 heteroatoms. The van der Waals surface area contributed by atoms with Gasteiger partial charge in [-0.3, -0.25) is 4.79 Å². The lowest BCUT2D eigenvalue weighted by Gasteiger charge is -2.29. The number of hydrogen-bond donors (Lipinski definition) is 3. The van der Waals surface area contributed by atoms with Crippen molar-refractivity contribution in [1.82, 2.24) is 0 Å². The highest BCUT2D eigenvalue weighted by molar-refractivity contribution is 5.92. The van der Waals surface area contributed by atoms with E-state index in [2.05, 4.69) is 42.6 Å². The van der Waals surface area contributed by atoms with Gasteiger partial charge in [-0.05, 0) is 19.1 Å². The maximum absolute atomic E-state index is 12.3. The molecule has 1 heterocycles. The molecule has 0 atom stereocenters. The van der Waals surface area contributed by atoms with Gasteiger partial charge in [0, 0.05) is 5.56 Å². The molecule has 134 valence electrons. The van der Waals surface area contributed by atoms with Crippen molar-refractivity contribution in [2.75, 3.05) is 38.0 Å². The zero-order chi connectivity index (χ0) is 18.4. The largest absolute Gasteiger partial charge is 0.322 e. The second kappa shape index (κ2) is 8.61. The third-order valence-electron chi connectivity index (χ3n) is 4.93. The molecule has 0 aromatic heterocycles. The molecule has 2 aromatic rings. The Morgan fingerprint density at radius 3 is 2.54 bits per heavy atom. The zero-order valence-electron chi connectivity index (χ0n) is 15.2. The van der Waals surface area contributed by atoms with Crippen LogP contribution in [0.15, 0.2) is 48.5 Å². The van der Waals surface area contributed by atoms with E-state index < -0.39 is 0 Å². The first-order valence-corrected chi connectivity index (χ1v) is 9.15. The molecular weight excluding hydrogens is 324 g/mol. The molecule has 1 fully saturated rings. The van der Waals surface area contributed by atoms with Crippen LogP contribution in [0.4, 0.5) is 5.69 Å². The maximum Gasteiger partial charge on any atom is 0.279 e. The summed E-state index contributed by atoms with van der Waals surface area (Å²) in [5.41, 5.74) is 3.79. The Balaban J connectivity index is 1.46. The molecule has 3 N–H and O–H groups in total. The van der Waals surface area contributed by atoms with Gasteiger partial charge in [0.05, 0.1) is 11.3 Å². The molecule has 0 radical (unpaired) electrons. The molecular formula is C21H26N4O+2. The number of anilines is 1. The van der Waals surface area contributed by atoms with E-state index in [4.69, 9.17) is 5.26 Å². The van der Waals surface area contributed by atoms with Crippen LogP contribution < -0.4 is 15.1 Å². The second-order valence-corrected chi connectivity index (χ2v) is 7.05. The lowest BCUT2D eigenvalue weighted by molar-refractivity contribution is -1.02. The van der Waals surface area contributed by atoms with Crippen molar-refractivity contribution in [3.63, 3.8) is 0 Å². The first-order valence-electron chi connectivity index (χ1n) is 9.15. The maximum atomic E-state index is 12.3. The second-order valence-electron chi connectivity index (χ2n) is 7.05. The summed E-state index contributed by atoms with van der Waals surface area (Å²) in [6, 6.07) is 17.9. The molecule has 1 aliphatic rings. The molecule has 0 aliphatic carbocycles. The summed E-state index contributed by atoms with van der Waals surface area (Å²) in [5, 5.41) is 12.0. The summed E-state index contributed by atoms with van der Waals surface area (Å²) in [5.74, 6) is -0.0233. The molecule has 1 saturated heterocycles. The number of nitrogens with zero attached hydrogens (tertiary/aromatic N) is 1. The van der Waals surface area contributed by atoms with Crippen LogP contribution in [-0.2, 0) is 11.3 Å². The Labute approximate surface area is 154 Å². The van der Waals surface area contributed by atoms with E-state index in [9.17, 15) is 4.79 Å². The fraction of sp³-hybridized carbons (Fsp3) is 0.333. The third-order valence-corrected chi connectivity index (χ3v) is 4.93. The molecule has 0 saturated carbocycles. The molecule has 1 aliphatic heterocycles. The van der Waals surface area contributed by atoms with Gasteiger partial charge in [0.1, 0.15) is 38.8 Å². The van der Waals surface area contributed by atoms with Crippen LogP contribution in [0.3, 0.4) is 0 Å². The van der Waals surface area contributed by atoms with E-state index in [0.29, 0.717) is 17.8 Å². The van der Waals surface area contributed by atoms with E-state index in [0.717, 1.165) is 32.7 Å². The Kier molecular flexibility index (Phi) is 6.00. The van der Waals surface area contributed by atoms with Gasteiger partial charge >= 0.3 is 0 Å². The fourth-order valence-corrected chi connectivity index (χ4v) is 3.53. The summed E-state index contributed by atoms with van der Waals surface area (Å²) in [6.45, 7) is 7.78. The van der Waals surface area contributed by atoms with Crippen molar-refractivity contribution >= 4 is 11.6 Å². The van der Waals surface area contributed by atoms with Crippen LogP contribution in [0.5, 0.6) is 0 Å². The normalized spacial score (nSPS) is 19.5. The van der Waals surface area contributed by atoms with Gasteiger partial charge in [0.25, 0.3) is 5.91 Å². The number of carbonyl (C=O) groups excluding carboxylic acids is 1. The first kappa shape index (κ1) is 18.1. The average molecular weight is 350 g/mol. The minimum absolute atomic E-state index is 0.0233. The summed E-state index contributed by atoms with van der Waals surface area (Å²) in [4.78, 5) is 15.2. The van der Waals surface area contributed by atoms with Crippen molar-refractivity contribution in [3.8, 4) is 6.07 Å². The predicted octanol–water partition coefficient (Wildman–Crippen LogP) is -0.211. The highest BCUT2D eigenvalue weighted by Crippen LogP contribution is 2.12. The third kappa shape index (κ3) is 4.92. The first-order chi connectivity index (χ1) is 12.6. The van der Waals surface area contributed by atoms with Crippen LogP contribution in [0, 0.1) is 18.3 Å². The van der Waals surface area contributed by atoms with Crippen molar-refractivity contribution < 1.29 is 14.6 Å².